The lowest BCUT2D eigenvalue weighted by atomic mass is 10.2. The molecule has 1 aliphatic rings. The lowest BCUT2D eigenvalue weighted by Crippen LogP contribution is -2.34. The molecule has 1 atom stereocenters. The van der Waals surface area contributed by atoms with Crippen molar-refractivity contribution >= 4 is 38.6 Å². The van der Waals surface area contributed by atoms with Gasteiger partial charge in [-0.3, -0.25) is 4.90 Å². The smallest absolute Gasteiger partial charge is 0.111 e. The molecular weight excluding hydrogens is 350 g/mol. The first-order valence-corrected chi connectivity index (χ1v) is 8.96. The molecule has 1 unspecified atom stereocenters. The number of halogens is 2. The van der Waals surface area contributed by atoms with Crippen molar-refractivity contribution in [2.24, 2.45) is 0 Å². The van der Waals surface area contributed by atoms with Gasteiger partial charge < -0.3 is 4.57 Å². The number of hydrogen-bond acceptors (Lipinski definition) is 2. The molecule has 0 bridgehead atoms. The molecule has 1 aromatic heterocycles. The van der Waals surface area contributed by atoms with Gasteiger partial charge in [-0.05, 0) is 51.1 Å². The molecule has 0 radical (unpaired) electrons. The highest BCUT2D eigenvalue weighted by Crippen LogP contribution is 2.23. The highest BCUT2D eigenvalue weighted by Gasteiger charge is 2.20. The van der Waals surface area contributed by atoms with Crippen molar-refractivity contribution in [2.75, 3.05) is 19.0 Å². The highest BCUT2D eigenvalue weighted by atomic mass is 79.9. The Hall–Kier alpha value is -0.580. The molecule has 2 heterocycles. The van der Waals surface area contributed by atoms with E-state index in [2.05, 4.69) is 50.5 Å². The van der Waals surface area contributed by atoms with E-state index >= 15 is 0 Å². The van der Waals surface area contributed by atoms with Crippen molar-refractivity contribution < 1.29 is 0 Å². The summed E-state index contributed by atoms with van der Waals surface area (Å²) >= 11 is 9.48. The Kier molecular flexibility index (Phi) is 4.87. The van der Waals surface area contributed by atoms with Crippen LogP contribution in [0.1, 0.15) is 25.6 Å². The van der Waals surface area contributed by atoms with Gasteiger partial charge in [-0.1, -0.05) is 15.9 Å². The van der Waals surface area contributed by atoms with E-state index < -0.39 is 0 Å². The van der Waals surface area contributed by atoms with E-state index in [0.29, 0.717) is 11.9 Å². The van der Waals surface area contributed by atoms with Gasteiger partial charge in [0.15, 0.2) is 0 Å². The monoisotopic (exact) mass is 369 g/mol. The summed E-state index contributed by atoms with van der Waals surface area (Å²) in [5.74, 6) is 1.71. The molecule has 2 aromatic rings. The third kappa shape index (κ3) is 3.27. The lowest BCUT2D eigenvalue weighted by Gasteiger charge is -2.25. The Morgan fingerprint density at radius 1 is 1.33 bits per heavy atom. The minimum absolute atomic E-state index is 0.544. The number of fused-ring (bicyclic) bond motifs is 1. The molecule has 0 amide bonds. The first-order valence-electron chi connectivity index (χ1n) is 7.63. The largest absolute Gasteiger partial charge is 0.326 e. The van der Waals surface area contributed by atoms with Crippen LogP contribution in [0.15, 0.2) is 22.7 Å². The number of likely N-dealkylation sites (tertiary alicyclic amines) is 1. The van der Waals surface area contributed by atoms with Crippen LogP contribution in [0.3, 0.4) is 0 Å². The highest BCUT2D eigenvalue weighted by molar-refractivity contribution is 9.10. The van der Waals surface area contributed by atoms with Gasteiger partial charge in [-0.2, -0.15) is 0 Å². The summed E-state index contributed by atoms with van der Waals surface area (Å²) in [5, 5.41) is 0. The van der Waals surface area contributed by atoms with Gasteiger partial charge in [0.2, 0.25) is 0 Å². The summed E-state index contributed by atoms with van der Waals surface area (Å²) in [6, 6.07) is 6.87. The molecule has 3 rings (SSSR count). The minimum atomic E-state index is 0.544. The summed E-state index contributed by atoms with van der Waals surface area (Å²) < 4.78 is 3.43. The summed E-state index contributed by atoms with van der Waals surface area (Å²) in [6.07, 6.45) is 3.48. The van der Waals surface area contributed by atoms with Gasteiger partial charge in [0.05, 0.1) is 11.0 Å². The van der Waals surface area contributed by atoms with Crippen LogP contribution in [-0.2, 0) is 13.0 Å². The fourth-order valence-electron chi connectivity index (χ4n) is 3.19. The van der Waals surface area contributed by atoms with Crippen molar-refractivity contribution in [3.63, 3.8) is 0 Å². The number of alkyl halides is 1. The van der Waals surface area contributed by atoms with E-state index in [-0.39, 0.29) is 0 Å². The Morgan fingerprint density at radius 3 is 2.81 bits per heavy atom. The molecular formula is C16H21BrClN3. The van der Waals surface area contributed by atoms with Crippen molar-refractivity contribution in [1.82, 2.24) is 14.5 Å². The van der Waals surface area contributed by atoms with Crippen molar-refractivity contribution in [1.29, 1.82) is 0 Å². The molecule has 0 saturated carbocycles. The molecule has 5 heteroatoms. The predicted molar refractivity (Wildman–Crippen MR) is 92.1 cm³/mol. The SMILES string of the molecule is CC(Cn1c(CCCl)nc2cc(Br)ccc21)N1CCCC1. The van der Waals surface area contributed by atoms with E-state index in [0.717, 1.165) is 28.8 Å². The minimum Gasteiger partial charge on any atom is -0.326 e. The van der Waals surface area contributed by atoms with Crippen molar-refractivity contribution in [2.45, 2.75) is 38.8 Å². The molecule has 3 nitrogen and oxygen atoms in total. The van der Waals surface area contributed by atoms with E-state index in [1.807, 2.05) is 0 Å². The number of hydrogen-bond donors (Lipinski definition) is 0. The first-order chi connectivity index (χ1) is 10.2. The standard InChI is InChI=1S/C16H21BrClN3/c1-12(20-8-2-3-9-20)11-21-15-5-4-13(17)10-14(15)19-16(21)6-7-18/h4-5,10,12H,2-3,6-9,11H2,1H3. The zero-order valence-corrected chi connectivity index (χ0v) is 14.7. The summed E-state index contributed by atoms with van der Waals surface area (Å²) in [4.78, 5) is 7.35. The van der Waals surface area contributed by atoms with Gasteiger partial charge in [0, 0.05) is 29.4 Å². The maximum absolute atomic E-state index is 5.96. The van der Waals surface area contributed by atoms with Gasteiger partial charge >= 0.3 is 0 Å². The Labute approximate surface area is 139 Å². The number of rotatable bonds is 5. The summed E-state index contributed by atoms with van der Waals surface area (Å²) in [6.45, 7) is 5.76. The van der Waals surface area contributed by atoms with Gasteiger partial charge in [0.25, 0.3) is 0 Å². The average Bonchev–Trinajstić information content (AvgIpc) is 3.08. The van der Waals surface area contributed by atoms with Gasteiger partial charge in [0.1, 0.15) is 5.82 Å². The van der Waals surface area contributed by atoms with Crippen LogP contribution < -0.4 is 0 Å². The first kappa shape index (κ1) is 15.3. The Balaban J connectivity index is 1.92. The van der Waals surface area contributed by atoms with E-state index in [4.69, 9.17) is 16.6 Å². The quantitative estimate of drug-likeness (QED) is 0.740. The molecule has 1 aliphatic heterocycles. The van der Waals surface area contributed by atoms with E-state index in [9.17, 15) is 0 Å². The number of benzene rings is 1. The van der Waals surface area contributed by atoms with Crippen LogP contribution in [0.4, 0.5) is 0 Å². The molecule has 21 heavy (non-hydrogen) atoms. The maximum Gasteiger partial charge on any atom is 0.111 e. The number of imidazole rings is 1. The van der Waals surface area contributed by atoms with Crippen LogP contribution in [0, 0.1) is 0 Å². The van der Waals surface area contributed by atoms with Crippen LogP contribution in [-0.4, -0.2) is 39.5 Å². The molecule has 114 valence electrons. The second-order valence-electron chi connectivity index (χ2n) is 5.80. The molecule has 1 fully saturated rings. The van der Waals surface area contributed by atoms with Crippen LogP contribution in [0.25, 0.3) is 11.0 Å². The summed E-state index contributed by atoms with van der Waals surface area (Å²) in [7, 11) is 0. The maximum atomic E-state index is 5.96. The number of nitrogens with zero attached hydrogens (tertiary/aromatic N) is 3. The Bertz CT molecular complexity index is 619. The lowest BCUT2D eigenvalue weighted by molar-refractivity contribution is 0.236. The van der Waals surface area contributed by atoms with Gasteiger partial charge in [-0.25, -0.2) is 4.98 Å². The van der Waals surface area contributed by atoms with Crippen LogP contribution in [0.2, 0.25) is 0 Å². The van der Waals surface area contributed by atoms with Gasteiger partial charge in [-0.15, -0.1) is 11.6 Å². The topological polar surface area (TPSA) is 21.1 Å². The average molecular weight is 371 g/mol. The van der Waals surface area contributed by atoms with Crippen LogP contribution >= 0.6 is 27.5 Å². The summed E-state index contributed by atoms with van der Waals surface area (Å²) in [5.41, 5.74) is 2.27. The fraction of sp³-hybridized carbons (Fsp3) is 0.562. The second-order valence-corrected chi connectivity index (χ2v) is 7.10. The molecule has 0 aliphatic carbocycles. The third-order valence-electron chi connectivity index (χ3n) is 4.32. The predicted octanol–water partition coefficient (Wildman–Crippen LogP) is 4.06. The van der Waals surface area contributed by atoms with E-state index in [1.165, 1.54) is 31.4 Å². The van der Waals surface area contributed by atoms with Crippen molar-refractivity contribution in [3.8, 4) is 0 Å². The number of aromatic nitrogens is 2. The molecule has 1 saturated heterocycles. The molecule has 1 aromatic carbocycles. The molecule has 0 spiro atoms. The fourth-order valence-corrected chi connectivity index (χ4v) is 3.71. The number of aryl methyl sites for hydroxylation is 1. The van der Waals surface area contributed by atoms with E-state index in [1.54, 1.807) is 0 Å². The molecule has 0 N–H and O–H groups in total. The third-order valence-corrected chi connectivity index (χ3v) is 5.00. The van der Waals surface area contributed by atoms with Crippen LogP contribution in [0.5, 0.6) is 0 Å². The second kappa shape index (κ2) is 6.67. The normalized spacial score (nSPS) is 17.7. The zero-order valence-electron chi connectivity index (χ0n) is 12.4. The zero-order chi connectivity index (χ0) is 14.8. The van der Waals surface area contributed by atoms with Crippen molar-refractivity contribution in [3.05, 3.63) is 28.5 Å². The Morgan fingerprint density at radius 2 is 2.10 bits per heavy atom.